The van der Waals surface area contributed by atoms with Crippen LogP contribution in [-0.4, -0.2) is 20.6 Å². The number of allylic oxidation sites excluding steroid dienone is 4. The van der Waals surface area contributed by atoms with E-state index < -0.39 is 8.32 Å². The van der Waals surface area contributed by atoms with Crippen molar-refractivity contribution in [3.63, 3.8) is 0 Å². The van der Waals surface area contributed by atoms with Crippen LogP contribution in [-0.2, 0) is 11.0 Å². The first kappa shape index (κ1) is 25.3. The van der Waals surface area contributed by atoms with Crippen molar-refractivity contribution in [3.8, 4) is 0 Å². The van der Waals surface area contributed by atoms with E-state index in [-0.39, 0.29) is 11.1 Å². The Balaban J connectivity index is 2.63. The van der Waals surface area contributed by atoms with E-state index in [1.54, 1.807) is 0 Å². The molecule has 0 spiro atoms. The molecule has 3 heteroatoms. The standard InChI is InChI=1S/C26H41NOSi/c1-7-8-9-10-11-12-13-14-18-21-25(28-29(5,6)26(2,3)4)23-27-22-24-19-16-15-17-20-24/h7,12-20,23,25H,1,8-11,21-22H2,2-6H3/b13-12+,18-14+,27-23?/t25-/m0/s1. The first-order valence-electron chi connectivity index (χ1n) is 10.9. The SMILES string of the molecule is C=CCCCC/C=C/C=C/C[C@@H](C=NCc1ccccc1)O[Si](C)(C)C(C)(C)C. The number of unbranched alkanes of at least 4 members (excludes halogenated alkanes) is 3. The number of hydrogen-bond donors (Lipinski definition) is 0. The molecule has 0 N–H and O–H groups in total. The minimum Gasteiger partial charge on any atom is -0.409 e. The molecular weight excluding hydrogens is 370 g/mol. The van der Waals surface area contributed by atoms with Gasteiger partial charge in [-0.3, -0.25) is 4.99 Å². The molecule has 0 bridgehead atoms. The molecule has 1 rings (SSSR count). The van der Waals surface area contributed by atoms with Crippen LogP contribution in [0.5, 0.6) is 0 Å². The van der Waals surface area contributed by atoms with Crippen LogP contribution in [0.25, 0.3) is 0 Å². The highest BCUT2D eigenvalue weighted by Crippen LogP contribution is 2.37. The van der Waals surface area contributed by atoms with Crippen molar-refractivity contribution < 1.29 is 4.43 Å². The van der Waals surface area contributed by atoms with Crippen molar-refractivity contribution in [2.24, 2.45) is 4.99 Å². The minimum atomic E-state index is -1.84. The summed E-state index contributed by atoms with van der Waals surface area (Å²) >= 11 is 0. The summed E-state index contributed by atoms with van der Waals surface area (Å²) in [6, 6.07) is 10.4. The third-order valence-corrected chi connectivity index (χ3v) is 9.93. The van der Waals surface area contributed by atoms with E-state index in [0.717, 1.165) is 19.3 Å². The Morgan fingerprint density at radius 2 is 1.69 bits per heavy atom. The lowest BCUT2D eigenvalue weighted by molar-refractivity contribution is 0.248. The smallest absolute Gasteiger partial charge is 0.192 e. The number of rotatable bonds is 13. The minimum absolute atomic E-state index is 0.0249. The van der Waals surface area contributed by atoms with Crippen molar-refractivity contribution in [3.05, 3.63) is 72.9 Å². The molecule has 1 aromatic rings. The first-order valence-corrected chi connectivity index (χ1v) is 13.8. The Morgan fingerprint density at radius 1 is 1.03 bits per heavy atom. The molecule has 0 aromatic heterocycles. The average Bonchev–Trinajstić information content (AvgIpc) is 2.66. The molecule has 0 aliphatic rings. The molecule has 0 unspecified atom stereocenters. The van der Waals surface area contributed by atoms with Crippen molar-refractivity contribution >= 4 is 14.5 Å². The van der Waals surface area contributed by atoms with Crippen molar-refractivity contribution in [1.29, 1.82) is 0 Å². The van der Waals surface area contributed by atoms with Crippen LogP contribution in [0, 0.1) is 0 Å². The van der Waals surface area contributed by atoms with E-state index in [4.69, 9.17) is 4.43 Å². The van der Waals surface area contributed by atoms with Crippen LogP contribution < -0.4 is 0 Å². The van der Waals surface area contributed by atoms with E-state index in [1.807, 2.05) is 18.4 Å². The van der Waals surface area contributed by atoms with E-state index in [9.17, 15) is 0 Å². The quantitative estimate of drug-likeness (QED) is 0.106. The van der Waals surface area contributed by atoms with Gasteiger partial charge in [-0.15, -0.1) is 6.58 Å². The lowest BCUT2D eigenvalue weighted by Gasteiger charge is -2.38. The fourth-order valence-corrected chi connectivity index (χ4v) is 3.84. The zero-order chi connectivity index (χ0) is 21.6. The summed E-state index contributed by atoms with van der Waals surface area (Å²) in [5.41, 5.74) is 1.23. The van der Waals surface area contributed by atoms with Crippen LogP contribution >= 0.6 is 0 Å². The number of benzene rings is 1. The van der Waals surface area contributed by atoms with Gasteiger partial charge in [0, 0.05) is 6.21 Å². The first-order chi connectivity index (χ1) is 13.8. The predicted molar refractivity (Wildman–Crippen MR) is 132 cm³/mol. The molecule has 29 heavy (non-hydrogen) atoms. The second-order valence-electron chi connectivity index (χ2n) is 9.06. The second-order valence-corrected chi connectivity index (χ2v) is 13.8. The summed E-state index contributed by atoms with van der Waals surface area (Å²) in [6.45, 7) is 15.9. The number of hydrogen-bond acceptors (Lipinski definition) is 2. The van der Waals surface area contributed by atoms with Gasteiger partial charge < -0.3 is 4.43 Å². The largest absolute Gasteiger partial charge is 0.409 e. The Morgan fingerprint density at radius 3 is 2.34 bits per heavy atom. The number of aliphatic imine (C=N–C) groups is 1. The second kappa shape index (κ2) is 13.5. The summed E-state index contributed by atoms with van der Waals surface area (Å²) in [4.78, 5) is 4.68. The van der Waals surface area contributed by atoms with Crippen LogP contribution in [0.1, 0.15) is 58.4 Å². The lowest BCUT2D eigenvalue weighted by Crippen LogP contribution is -2.44. The highest BCUT2D eigenvalue weighted by Gasteiger charge is 2.38. The summed E-state index contributed by atoms with van der Waals surface area (Å²) in [7, 11) is -1.84. The van der Waals surface area contributed by atoms with Crippen molar-refractivity contribution in [2.75, 3.05) is 0 Å². The van der Waals surface area contributed by atoms with Gasteiger partial charge in [0.1, 0.15) is 0 Å². The maximum absolute atomic E-state index is 6.62. The van der Waals surface area contributed by atoms with E-state index >= 15 is 0 Å². The zero-order valence-electron chi connectivity index (χ0n) is 19.2. The third-order valence-electron chi connectivity index (χ3n) is 5.42. The Labute approximate surface area is 180 Å². The molecule has 0 radical (unpaired) electrons. The molecule has 160 valence electrons. The molecule has 1 atom stereocenters. The molecule has 0 fully saturated rings. The fraction of sp³-hybridized carbons (Fsp3) is 0.500. The van der Waals surface area contributed by atoms with Gasteiger partial charge in [0.15, 0.2) is 8.32 Å². The summed E-state index contributed by atoms with van der Waals surface area (Å²) in [6.07, 6.45) is 18.3. The van der Waals surface area contributed by atoms with Gasteiger partial charge in [0.05, 0.1) is 12.6 Å². The molecule has 0 aliphatic heterocycles. The van der Waals surface area contributed by atoms with E-state index in [0.29, 0.717) is 6.54 Å². The van der Waals surface area contributed by atoms with Gasteiger partial charge in [-0.1, -0.05) is 81.5 Å². The van der Waals surface area contributed by atoms with Crippen LogP contribution in [0.3, 0.4) is 0 Å². The van der Waals surface area contributed by atoms with Crippen molar-refractivity contribution in [1.82, 2.24) is 0 Å². The van der Waals surface area contributed by atoms with E-state index in [2.05, 4.69) is 94.0 Å². The highest BCUT2D eigenvalue weighted by atomic mass is 28.4. The van der Waals surface area contributed by atoms with Crippen LogP contribution in [0.4, 0.5) is 0 Å². The molecule has 0 saturated carbocycles. The third kappa shape index (κ3) is 11.2. The number of nitrogens with zero attached hydrogens (tertiary/aromatic N) is 1. The summed E-state index contributed by atoms with van der Waals surface area (Å²) in [5, 5.41) is 0.188. The Bertz CT molecular complexity index is 653. The van der Waals surface area contributed by atoms with Gasteiger partial charge in [0.2, 0.25) is 0 Å². The maximum atomic E-state index is 6.62. The Hall–Kier alpha value is -1.71. The van der Waals surface area contributed by atoms with Gasteiger partial charge in [-0.05, 0) is 55.8 Å². The molecule has 2 nitrogen and oxygen atoms in total. The van der Waals surface area contributed by atoms with Crippen LogP contribution in [0.15, 0.2) is 72.3 Å². The average molecular weight is 412 g/mol. The molecule has 0 saturated heterocycles. The van der Waals surface area contributed by atoms with Crippen molar-refractivity contribution in [2.45, 2.75) is 83.7 Å². The fourth-order valence-electron chi connectivity index (χ4n) is 2.57. The lowest BCUT2D eigenvalue weighted by atomic mass is 10.2. The highest BCUT2D eigenvalue weighted by molar-refractivity contribution is 6.74. The van der Waals surface area contributed by atoms with Gasteiger partial charge >= 0.3 is 0 Å². The topological polar surface area (TPSA) is 21.6 Å². The normalized spacial score (nSPS) is 14.2. The molecule has 0 aliphatic carbocycles. The summed E-state index contributed by atoms with van der Waals surface area (Å²) in [5.74, 6) is 0. The van der Waals surface area contributed by atoms with Gasteiger partial charge in [0.25, 0.3) is 0 Å². The van der Waals surface area contributed by atoms with E-state index in [1.165, 1.54) is 18.4 Å². The van der Waals surface area contributed by atoms with Gasteiger partial charge in [-0.25, -0.2) is 0 Å². The predicted octanol–water partition coefficient (Wildman–Crippen LogP) is 7.90. The zero-order valence-corrected chi connectivity index (χ0v) is 20.2. The molecule has 1 aromatic carbocycles. The monoisotopic (exact) mass is 411 g/mol. The molecule has 0 amide bonds. The van der Waals surface area contributed by atoms with Gasteiger partial charge in [-0.2, -0.15) is 0 Å². The summed E-state index contributed by atoms with van der Waals surface area (Å²) < 4.78 is 6.62. The maximum Gasteiger partial charge on any atom is 0.192 e. The Kier molecular flexibility index (Phi) is 11.8. The molecule has 0 heterocycles. The van der Waals surface area contributed by atoms with Crippen LogP contribution in [0.2, 0.25) is 18.1 Å². The molecular formula is C26H41NOSi.